The summed E-state index contributed by atoms with van der Waals surface area (Å²) in [5, 5.41) is 13.8. The molecule has 16 heteroatoms. The van der Waals surface area contributed by atoms with Gasteiger partial charge in [0.25, 0.3) is 5.91 Å². The summed E-state index contributed by atoms with van der Waals surface area (Å²) < 4.78 is 79.4. The van der Waals surface area contributed by atoms with Crippen LogP contribution in [0.15, 0.2) is 58.8 Å². The number of hydrazine groups is 1. The predicted octanol–water partition coefficient (Wildman–Crippen LogP) is 6.50. The van der Waals surface area contributed by atoms with Crippen LogP contribution in [-0.2, 0) is 21.9 Å². The van der Waals surface area contributed by atoms with Gasteiger partial charge in [0.15, 0.2) is 4.32 Å². The van der Waals surface area contributed by atoms with Gasteiger partial charge in [-0.15, -0.1) is 11.3 Å². The van der Waals surface area contributed by atoms with Gasteiger partial charge in [0.2, 0.25) is 5.91 Å². The molecule has 214 valence electrons. The molecule has 0 aliphatic carbocycles. The van der Waals surface area contributed by atoms with E-state index in [1.165, 1.54) is 41.8 Å². The molecular formula is C25H15F6N3O4S3. The van der Waals surface area contributed by atoms with E-state index in [0.717, 1.165) is 28.1 Å². The second kappa shape index (κ2) is 11.6. The Labute approximate surface area is 240 Å². The van der Waals surface area contributed by atoms with E-state index in [1.54, 1.807) is 0 Å². The Morgan fingerprint density at radius 3 is 2.12 bits per heavy atom. The highest BCUT2D eigenvalue weighted by Gasteiger charge is 2.37. The van der Waals surface area contributed by atoms with Crippen molar-refractivity contribution in [1.29, 1.82) is 0 Å². The molecular weight excluding hydrogens is 616 g/mol. The zero-order chi connectivity index (χ0) is 30.1. The molecule has 2 heterocycles. The number of anilines is 1. The highest BCUT2D eigenvalue weighted by Crippen LogP contribution is 2.40. The molecule has 0 unspecified atom stereocenters. The second-order valence-corrected chi connectivity index (χ2v) is 10.9. The van der Waals surface area contributed by atoms with Crippen molar-refractivity contribution in [2.75, 3.05) is 11.9 Å². The van der Waals surface area contributed by atoms with E-state index in [-0.39, 0.29) is 38.5 Å². The van der Waals surface area contributed by atoms with Crippen molar-refractivity contribution < 1.29 is 45.8 Å². The molecule has 1 saturated heterocycles. The molecule has 0 radical (unpaired) electrons. The summed E-state index contributed by atoms with van der Waals surface area (Å²) in [5.74, 6) is -2.31. The average molecular weight is 632 g/mol. The number of nitrogens with one attached hydrogen (secondary N) is 2. The molecule has 0 saturated carbocycles. The van der Waals surface area contributed by atoms with Crippen LogP contribution in [0.4, 0.5) is 32.0 Å². The molecule has 41 heavy (non-hydrogen) atoms. The Morgan fingerprint density at radius 1 is 0.951 bits per heavy atom. The van der Waals surface area contributed by atoms with E-state index < -0.39 is 41.3 Å². The Hall–Kier alpha value is -3.73. The number of carboxylic acid groups (broad SMARTS) is 1. The van der Waals surface area contributed by atoms with Crippen LogP contribution in [-0.4, -0.2) is 38.8 Å². The van der Waals surface area contributed by atoms with E-state index in [2.05, 4.69) is 10.7 Å². The standard InChI is InChI=1S/C25H15F6N3O4S3/c26-24(27,28)15-5-13(6-16(8-15)25(29,30)31)14-7-18(40-11-14)9-19-21(36)34(23(39)41-19)32-10-20(35)33-17-3-1-12(2-4-17)22(37)38/h1-9,11,32H,10H2,(H,33,35)(H,37,38). The van der Waals surface area contributed by atoms with Gasteiger partial charge in [0.1, 0.15) is 0 Å². The van der Waals surface area contributed by atoms with E-state index in [1.807, 2.05) is 0 Å². The molecule has 1 fully saturated rings. The number of rotatable bonds is 7. The van der Waals surface area contributed by atoms with Gasteiger partial charge in [-0.05, 0) is 71.1 Å². The van der Waals surface area contributed by atoms with Crippen LogP contribution in [0.1, 0.15) is 26.4 Å². The third-order valence-electron chi connectivity index (χ3n) is 5.42. The maximum atomic E-state index is 13.2. The number of amides is 2. The Balaban J connectivity index is 1.45. The van der Waals surface area contributed by atoms with Crippen molar-refractivity contribution in [1.82, 2.24) is 10.4 Å². The number of thioether (sulfide) groups is 1. The van der Waals surface area contributed by atoms with Crippen LogP contribution >= 0.6 is 35.3 Å². The van der Waals surface area contributed by atoms with Crippen molar-refractivity contribution in [3.63, 3.8) is 0 Å². The third kappa shape index (κ3) is 7.32. The zero-order valence-electron chi connectivity index (χ0n) is 20.1. The first kappa shape index (κ1) is 30.2. The lowest BCUT2D eigenvalue weighted by molar-refractivity contribution is -0.143. The number of aromatic carboxylic acids is 1. The number of carboxylic acids is 1. The highest BCUT2D eigenvalue weighted by molar-refractivity contribution is 8.26. The van der Waals surface area contributed by atoms with Crippen molar-refractivity contribution >= 4 is 69.2 Å². The van der Waals surface area contributed by atoms with Crippen LogP contribution < -0.4 is 10.7 Å². The SMILES string of the molecule is O=C(CNN1C(=O)C(=Cc2cc(-c3cc(C(F)(F)F)cc(C(F)(F)F)c3)cs2)SC1=S)Nc1ccc(C(=O)O)cc1. The third-order valence-corrected chi connectivity index (χ3v) is 7.60. The number of carbonyl (C=O) groups is 3. The molecule has 4 rings (SSSR count). The first-order valence-electron chi connectivity index (χ1n) is 11.1. The summed E-state index contributed by atoms with van der Waals surface area (Å²) in [7, 11) is 0. The van der Waals surface area contributed by atoms with Gasteiger partial charge in [0.05, 0.1) is 28.1 Å². The molecule has 0 atom stereocenters. The minimum atomic E-state index is -4.99. The fraction of sp³-hybridized carbons (Fsp3) is 0.120. The van der Waals surface area contributed by atoms with Crippen LogP contribution in [0.3, 0.4) is 0 Å². The smallest absolute Gasteiger partial charge is 0.416 e. The van der Waals surface area contributed by atoms with Crippen LogP contribution in [0.5, 0.6) is 0 Å². The maximum Gasteiger partial charge on any atom is 0.416 e. The monoisotopic (exact) mass is 631 g/mol. The number of hydrogen-bond acceptors (Lipinski definition) is 7. The normalized spacial score (nSPS) is 15.1. The lowest BCUT2D eigenvalue weighted by Gasteiger charge is -2.15. The van der Waals surface area contributed by atoms with Gasteiger partial charge < -0.3 is 10.4 Å². The fourth-order valence-corrected chi connectivity index (χ4v) is 5.62. The molecule has 0 bridgehead atoms. The molecule has 1 aliphatic heterocycles. The second-order valence-electron chi connectivity index (χ2n) is 8.31. The van der Waals surface area contributed by atoms with Gasteiger partial charge in [-0.3, -0.25) is 9.59 Å². The number of thiophene rings is 1. The largest absolute Gasteiger partial charge is 0.478 e. The molecule has 3 N–H and O–H groups in total. The first-order valence-corrected chi connectivity index (χ1v) is 13.3. The molecule has 2 aromatic carbocycles. The summed E-state index contributed by atoms with van der Waals surface area (Å²) >= 11 is 7.06. The summed E-state index contributed by atoms with van der Waals surface area (Å²) in [6.07, 6.45) is -8.59. The van der Waals surface area contributed by atoms with E-state index in [0.29, 0.717) is 22.7 Å². The van der Waals surface area contributed by atoms with Gasteiger partial charge in [-0.1, -0.05) is 24.0 Å². The Bertz CT molecular complexity index is 1530. The number of alkyl halides is 6. The molecule has 7 nitrogen and oxygen atoms in total. The van der Waals surface area contributed by atoms with Gasteiger partial charge >= 0.3 is 18.3 Å². The van der Waals surface area contributed by atoms with Crippen molar-refractivity contribution in [3.8, 4) is 11.1 Å². The summed E-state index contributed by atoms with van der Waals surface area (Å²) in [6, 6.07) is 8.03. The topological polar surface area (TPSA) is 98.7 Å². The number of benzene rings is 2. The number of thiocarbonyl (C=S) groups is 1. The minimum absolute atomic E-state index is 0.0317. The van der Waals surface area contributed by atoms with Gasteiger partial charge in [-0.2, -0.15) is 26.3 Å². The van der Waals surface area contributed by atoms with Crippen molar-refractivity contribution in [3.05, 3.63) is 80.4 Å². The molecule has 1 aliphatic rings. The summed E-state index contributed by atoms with van der Waals surface area (Å²) in [4.78, 5) is 36.5. The number of nitrogens with zero attached hydrogens (tertiary/aromatic N) is 1. The van der Waals surface area contributed by atoms with Crippen molar-refractivity contribution in [2.24, 2.45) is 0 Å². The lowest BCUT2D eigenvalue weighted by Crippen LogP contribution is -2.44. The number of carbonyl (C=O) groups excluding carboxylic acids is 2. The lowest BCUT2D eigenvalue weighted by atomic mass is 10.0. The van der Waals surface area contributed by atoms with Gasteiger partial charge in [0, 0.05) is 10.6 Å². The van der Waals surface area contributed by atoms with Crippen molar-refractivity contribution in [2.45, 2.75) is 12.4 Å². The van der Waals surface area contributed by atoms with Gasteiger partial charge in [-0.25, -0.2) is 15.2 Å². The first-order chi connectivity index (χ1) is 19.1. The van der Waals surface area contributed by atoms with Crippen LogP contribution in [0.25, 0.3) is 17.2 Å². The summed E-state index contributed by atoms with van der Waals surface area (Å²) in [5.41, 5.74) is -0.139. The number of halogens is 6. The Kier molecular flexibility index (Phi) is 8.58. The molecule has 1 aromatic heterocycles. The Morgan fingerprint density at radius 2 is 1.56 bits per heavy atom. The predicted molar refractivity (Wildman–Crippen MR) is 145 cm³/mol. The van der Waals surface area contributed by atoms with Crippen LogP contribution in [0.2, 0.25) is 0 Å². The van der Waals surface area contributed by atoms with E-state index in [4.69, 9.17) is 17.3 Å². The average Bonchev–Trinajstić information content (AvgIpc) is 3.46. The summed E-state index contributed by atoms with van der Waals surface area (Å²) in [6.45, 7) is -0.374. The number of hydrogen-bond donors (Lipinski definition) is 3. The zero-order valence-corrected chi connectivity index (χ0v) is 22.5. The maximum absolute atomic E-state index is 13.2. The van der Waals surface area contributed by atoms with E-state index in [9.17, 15) is 40.7 Å². The molecule has 0 spiro atoms. The molecule has 2 amide bonds. The fourth-order valence-electron chi connectivity index (χ4n) is 3.49. The minimum Gasteiger partial charge on any atom is -0.478 e. The molecule has 3 aromatic rings. The highest BCUT2D eigenvalue weighted by atomic mass is 32.2. The van der Waals surface area contributed by atoms with Crippen LogP contribution in [0, 0.1) is 0 Å². The quantitative estimate of drug-likeness (QED) is 0.156. The van der Waals surface area contributed by atoms with E-state index >= 15 is 0 Å².